The van der Waals surface area contributed by atoms with Crippen LogP contribution in [0.5, 0.6) is 5.75 Å². The molecule has 0 saturated carbocycles. The van der Waals surface area contributed by atoms with Crippen LogP contribution in [-0.4, -0.2) is 58.4 Å². The molecule has 1 aromatic heterocycles. The first-order chi connectivity index (χ1) is 20.4. The van der Waals surface area contributed by atoms with E-state index < -0.39 is 53.0 Å². The summed E-state index contributed by atoms with van der Waals surface area (Å²) in [5.41, 5.74) is -2.43. The highest BCUT2D eigenvalue weighted by atomic mass is 35.5. The van der Waals surface area contributed by atoms with Crippen molar-refractivity contribution in [3.63, 3.8) is 0 Å². The Kier molecular flexibility index (Phi) is 9.62. The van der Waals surface area contributed by atoms with Gasteiger partial charge in [-0.2, -0.15) is 26.3 Å². The number of ether oxygens (including phenoxy) is 1. The van der Waals surface area contributed by atoms with Gasteiger partial charge in [0.15, 0.2) is 0 Å². The number of nitrogens with zero attached hydrogens (tertiary/aromatic N) is 3. The molecule has 234 valence electrons. The van der Waals surface area contributed by atoms with Gasteiger partial charge in [0, 0.05) is 32.0 Å². The first-order valence-electron chi connectivity index (χ1n) is 13.6. The third kappa shape index (κ3) is 7.01. The third-order valence-corrected chi connectivity index (χ3v) is 7.62. The fourth-order valence-electron chi connectivity index (χ4n) is 5.47. The molecule has 0 N–H and O–H groups in total. The molecule has 2 aliphatic heterocycles. The molecule has 0 bridgehead atoms. The molecule has 13 heteroatoms. The summed E-state index contributed by atoms with van der Waals surface area (Å²) in [6.45, 7) is 0.181. The van der Waals surface area contributed by atoms with Gasteiger partial charge < -0.3 is 14.5 Å². The van der Waals surface area contributed by atoms with Gasteiger partial charge in [-0.05, 0) is 60.7 Å². The maximum Gasteiger partial charge on any atom is 0.417 e. The zero-order valence-electron chi connectivity index (χ0n) is 23.2. The van der Waals surface area contributed by atoms with E-state index in [1.165, 1.54) is 4.90 Å². The highest BCUT2D eigenvalue weighted by molar-refractivity contribution is 5.97. The van der Waals surface area contributed by atoms with Gasteiger partial charge in [-0.25, -0.2) is 0 Å². The number of piperidine rings is 1. The van der Waals surface area contributed by atoms with Crippen LogP contribution in [0.3, 0.4) is 0 Å². The minimum Gasteiger partial charge on any atom is -0.476 e. The Bertz CT molecular complexity index is 1510. The van der Waals surface area contributed by atoms with Gasteiger partial charge in [-0.3, -0.25) is 14.6 Å². The largest absolute Gasteiger partial charge is 0.476 e. The van der Waals surface area contributed by atoms with Crippen LogP contribution in [0, 0.1) is 0 Å². The van der Waals surface area contributed by atoms with E-state index in [2.05, 4.69) is 4.98 Å². The molecule has 1 atom stereocenters. The highest BCUT2D eigenvalue weighted by Crippen LogP contribution is 2.36. The zero-order valence-corrected chi connectivity index (χ0v) is 24.0. The number of hydrogen-bond acceptors (Lipinski definition) is 4. The van der Waals surface area contributed by atoms with Crippen molar-refractivity contribution in [1.29, 1.82) is 0 Å². The number of halogens is 7. The number of likely N-dealkylation sites (tertiary alicyclic amines) is 1. The molecule has 3 aromatic rings. The molecule has 1 fully saturated rings. The minimum atomic E-state index is -4.82. The predicted molar refractivity (Wildman–Crippen MR) is 152 cm³/mol. The fourth-order valence-corrected chi connectivity index (χ4v) is 5.47. The van der Waals surface area contributed by atoms with Crippen LogP contribution >= 0.6 is 12.4 Å². The number of alkyl halides is 6. The van der Waals surface area contributed by atoms with Gasteiger partial charge in [0.05, 0.1) is 23.2 Å². The number of carbonyl (C=O) groups excluding carboxylic acids is 2. The van der Waals surface area contributed by atoms with E-state index in [-0.39, 0.29) is 44.1 Å². The van der Waals surface area contributed by atoms with Crippen LogP contribution in [0.25, 0.3) is 5.57 Å². The summed E-state index contributed by atoms with van der Waals surface area (Å²) in [5.74, 6) is -1.51. The molecule has 0 spiro atoms. The van der Waals surface area contributed by atoms with Crippen molar-refractivity contribution in [2.45, 2.75) is 37.2 Å². The van der Waals surface area contributed by atoms with E-state index in [1.807, 2.05) is 36.4 Å². The van der Waals surface area contributed by atoms with Gasteiger partial charge in [0.1, 0.15) is 5.75 Å². The number of amides is 2. The normalized spacial score (nSPS) is 19.1. The smallest absolute Gasteiger partial charge is 0.417 e. The maximum absolute atomic E-state index is 14.1. The highest BCUT2D eigenvalue weighted by Gasteiger charge is 2.49. The lowest BCUT2D eigenvalue weighted by atomic mass is 9.89. The van der Waals surface area contributed by atoms with Crippen molar-refractivity contribution >= 4 is 29.8 Å². The molecule has 3 heterocycles. The molecule has 2 aliphatic rings. The van der Waals surface area contributed by atoms with Crippen LogP contribution in [0.1, 0.15) is 46.3 Å². The second-order valence-electron chi connectivity index (χ2n) is 10.5. The van der Waals surface area contributed by atoms with Crippen molar-refractivity contribution in [2.75, 3.05) is 26.2 Å². The van der Waals surface area contributed by atoms with E-state index in [9.17, 15) is 35.9 Å². The van der Waals surface area contributed by atoms with Gasteiger partial charge in [-0.1, -0.05) is 36.4 Å². The Morgan fingerprint density at radius 2 is 1.57 bits per heavy atom. The summed E-state index contributed by atoms with van der Waals surface area (Å²) in [7, 11) is 0. The molecule has 1 unspecified atom stereocenters. The second-order valence-corrected chi connectivity index (χ2v) is 10.5. The molecule has 0 aliphatic carbocycles. The average molecular weight is 640 g/mol. The molecule has 2 amide bonds. The predicted octanol–water partition coefficient (Wildman–Crippen LogP) is 6.91. The summed E-state index contributed by atoms with van der Waals surface area (Å²) in [6.07, 6.45) is -4.90. The Morgan fingerprint density at radius 1 is 0.864 bits per heavy atom. The molecule has 44 heavy (non-hydrogen) atoms. The molecular weight excluding hydrogens is 612 g/mol. The van der Waals surface area contributed by atoms with E-state index >= 15 is 0 Å². The van der Waals surface area contributed by atoms with E-state index in [0.717, 1.165) is 52.7 Å². The van der Waals surface area contributed by atoms with Crippen molar-refractivity contribution in [1.82, 2.24) is 14.8 Å². The molecule has 5 rings (SSSR count). The van der Waals surface area contributed by atoms with E-state index in [1.54, 1.807) is 0 Å². The molecular formula is C31H28ClF6N3O3. The monoisotopic (exact) mass is 639 g/mol. The fraction of sp³-hybridized carbons (Fsp3) is 0.323. The number of carbonyl (C=O) groups is 2. The van der Waals surface area contributed by atoms with E-state index in [0.29, 0.717) is 19.0 Å². The molecule has 1 saturated heterocycles. The van der Waals surface area contributed by atoms with Crippen LogP contribution in [0.2, 0.25) is 0 Å². The number of hydrogen-bond donors (Lipinski definition) is 0. The van der Waals surface area contributed by atoms with Gasteiger partial charge in [-0.15, -0.1) is 12.4 Å². The first kappa shape index (κ1) is 32.8. The quantitative estimate of drug-likeness (QED) is 0.285. The first-order valence-corrected chi connectivity index (χ1v) is 13.6. The van der Waals surface area contributed by atoms with Crippen LogP contribution in [0.15, 0.2) is 79.1 Å². The number of pyridine rings is 1. The van der Waals surface area contributed by atoms with Gasteiger partial charge >= 0.3 is 12.4 Å². The third-order valence-electron chi connectivity index (χ3n) is 7.62. The summed E-state index contributed by atoms with van der Waals surface area (Å²) in [6, 6.07) is 14.1. The van der Waals surface area contributed by atoms with Gasteiger partial charge in [0.2, 0.25) is 5.60 Å². The zero-order chi connectivity index (χ0) is 30.8. The lowest BCUT2D eigenvalue weighted by Gasteiger charge is -2.44. The lowest BCUT2D eigenvalue weighted by molar-refractivity contribution is -0.152. The van der Waals surface area contributed by atoms with E-state index in [4.69, 9.17) is 4.74 Å². The standard InChI is InChI=1S/C31H27F6N3O3.ClH/c32-30(33,34)23-7-9-24(10-8-23)43-29(28(42)39-17-12-22(13-18-39)21-5-2-1-3-6-21)14-4-16-40(20-29)27(41)25-19-38-15-11-26(25)31(35,36)37;/h1-3,5-12,15,19H,4,13-14,16-18,20H2;1H. The Morgan fingerprint density at radius 3 is 2.18 bits per heavy atom. The van der Waals surface area contributed by atoms with Crippen LogP contribution < -0.4 is 4.74 Å². The average Bonchev–Trinajstić information content (AvgIpc) is 3.00. The van der Waals surface area contributed by atoms with Crippen LogP contribution in [0.4, 0.5) is 26.3 Å². The Balaban J connectivity index is 0.00000442. The molecule has 2 aromatic carbocycles. The number of rotatable bonds is 5. The van der Waals surface area contributed by atoms with Crippen molar-refractivity contribution in [3.8, 4) is 5.75 Å². The SMILES string of the molecule is Cl.O=C(c1cnccc1C(F)(F)F)N1CCCC(Oc2ccc(C(F)(F)F)cc2)(C(=O)N2CC=C(c3ccccc3)CC2)C1. The number of benzene rings is 2. The van der Waals surface area contributed by atoms with Gasteiger partial charge in [0.25, 0.3) is 11.8 Å². The Labute approximate surface area is 255 Å². The summed E-state index contributed by atoms with van der Waals surface area (Å²) < 4.78 is 86.7. The summed E-state index contributed by atoms with van der Waals surface area (Å²) in [5, 5.41) is 0. The summed E-state index contributed by atoms with van der Waals surface area (Å²) in [4.78, 5) is 33.9. The number of aromatic nitrogens is 1. The molecule has 6 nitrogen and oxygen atoms in total. The Hall–Kier alpha value is -4.06. The van der Waals surface area contributed by atoms with Crippen LogP contribution in [-0.2, 0) is 17.1 Å². The minimum absolute atomic E-state index is 0. The van der Waals surface area contributed by atoms with Crippen molar-refractivity contribution < 1.29 is 40.7 Å². The molecule has 0 radical (unpaired) electrons. The lowest BCUT2D eigenvalue weighted by Crippen LogP contribution is -2.62. The topological polar surface area (TPSA) is 62.7 Å². The summed E-state index contributed by atoms with van der Waals surface area (Å²) >= 11 is 0. The van der Waals surface area contributed by atoms with Crippen molar-refractivity contribution in [3.05, 3.63) is 101 Å². The second kappa shape index (κ2) is 12.9. The van der Waals surface area contributed by atoms with Crippen molar-refractivity contribution in [2.24, 2.45) is 0 Å². The maximum atomic E-state index is 14.1.